The van der Waals surface area contributed by atoms with Crippen molar-refractivity contribution >= 4 is 17.7 Å². The molecule has 2 atom stereocenters. The Morgan fingerprint density at radius 2 is 1.74 bits per heavy atom. The van der Waals surface area contributed by atoms with Crippen LogP contribution in [0.3, 0.4) is 0 Å². The number of nitrogens with zero attached hydrogens (tertiary/aromatic N) is 1. The van der Waals surface area contributed by atoms with E-state index in [4.69, 9.17) is 0 Å². The average molecular weight is 316 g/mol. The zero-order chi connectivity index (χ0) is 16.4. The molecule has 1 aromatic carbocycles. The number of hydrogen-bond acceptors (Lipinski definition) is 3. The Kier molecular flexibility index (Phi) is 4.23. The van der Waals surface area contributed by atoms with Gasteiger partial charge in [-0.15, -0.1) is 0 Å². The summed E-state index contributed by atoms with van der Waals surface area (Å²) < 4.78 is 13.5. The largest absolute Gasteiger partial charge is 0.350 e. The molecule has 1 saturated heterocycles. The van der Waals surface area contributed by atoms with Crippen molar-refractivity contribution < 1.29 is 18.8 Å². The molecule has 1 aliphatic heterocycles. The molecule has 3 amide bonds. The molecule has 0 radical (unpaired) electrons. The molecule has 6 heteroatoms. The van der Waals surface area contributed by atoms with Crippen molar-refractivity contribution in [3.63, 3.8) is 0 Å². The predicted molar refractivity (Wildman–Crippen MR) is 80.3 cm³/mol. The summed E-state index contributed by atoms with van der Waals surface area (Å²) in [4.78, 5) is 37.5. The van der Waals surface area contributed by atoms with E-state index in [1.54, 1.807) is 18.2 Å². The summed E-state index contributed by atoms with van der Waals surface area (Å²) in [5.74, 6) is -2.13. The van der Waals surface area contributed by atoms with E-state index >= 15 is 0 Å². The van der Waals surface area contributed by atoms with Gasteiger partial charge in [-0.25, -0.2) is 4.39 Å². The second-order valence-corrected chi connectivity index (χ2v) is 5.79. The lowest BCUT2D eigenvalue weighted by Crippen LogP contribution is -2.40. The van der Waals surface area contributed by atoms with Crippen molar-refractivity contribution in [2.24, 2.45) is 11.8 Å². The van der Waals surface area contributed by atoms with Gasteiger partial charge in [0.2, 0.25) is 17.7 Å². The highest BCUT2D eigenvalue weighted by Crippen LogP contribution is 2.34. The molecule has 1 aromatic rings. The molecule has 5 nitrogen and oxygen atoms in total. The van der Waals surface area contributed by atoms with E-state index in [-0.39, 0.29) is 36.7 Å². The van der Waals surface area contributed by atoms with Gasteiger partial charge < -0.3 is 5.32 Å². The third kappa shape index (κ3) is 3.02. The highest BCUT2D eigenvalue weighted by molar-refractivity contribution is 6.07. The van der Waals surface area contributed by atoms with Gasteiger partial charge in [-0.2, -0.15) is 0 Å². The quantitative estimate of drug-likeness (QED) is 0.674. The first-order valence-corrected chi connectivity index (χ1v) is 7.58. The second-order valence-electron chi connectivity index (χ2n) is 5.79. The average Bonchev–Trinajstić information content (AvgIpc) is 2.80. The molecular formula is C17H17FN2O3. The van der Waals surface area contributed by atoms with Crippen molar-refractivity contribution in [3.05, 3.63) is 47.8 Å². The number of amides is 3. The number of halogens is 1. The number of imide groups is 1. The van der Waals surface area contributed by atoms with Crippen LogP contribution in [0.5, 0.6) is 0 Å². The minimum absolute atomic E-state index is 0.0239. The number of allylic oxidation sites excluding steroid dienone is 2. The number of fused-ring (bicyclic) bond motifs is 1. The van der Waals surface area contributed by atoms with E-state index in [1.807, 2.05) is 12.2 Å². The molecule has 23 heavy (non-hydrogen) atoms. The van der Waals surface area contributed by atoms with E-state index in [9.17, 15) is 18.8 Å². The molecule has 1 fully saturated rings. The Morgan fingerprint density at radius 1 is 1.13 bits per heavy atom. The van der Waals surface area contributed by atoms with Crippen molar-refractivity contribution in [1.29, 1.82) is 0 Å². The highest BCUT2D eigenvalue weighted by atomic mass is 19.1. The molecule has 0 bridgehead atoms. The molecule has 0 aromatic heterocycles. The number of carbonyl (C=O) groups is 3. The number of carbonyl (C=O) groups excluding carboxylic acids is 3. The fraction of sp³-hybridized carbons (Fsp3) is 0.353. The van der Waals surface area contributed by atoms with E-state index in [1.165, 1.54) is 6.07 Å². The lowest BCUT2D eigenvalue weighted by molar-refractivity contribution is -0.143. The maximum Gasteiger partial charge on any atom is 0.240 e. The molecule has 0 spiro atoms. The Morgan fingerprint density at radius 3 is 2.35 bits per heavy atom. The summed E-state index contributed by atoms with van der Waals surface area (Å²) in [5, 5.41) is 2.55. The summed E-state index contributed by atoms with van der Waals surface area (Å²) in [5.41, 5.74) is 0.359. The standard InChI is InChI=1S/C17H17FN2O3/c18-14-8-4-1-5-11(14)9-19-15(21)10-20-16(22)12-6-2-3-7-13(12)17(20)23/h1-5,8,12-13H,6-7,9-10H2,(H,19,21)/t12-,13+. The van der Waals surface area contributed by atoms with E-state index < -0.39 is 11.7 Å². The molecule has 0 saturated carbocycles. The highest BCUT2D eigenvalue weighted by Gasteiger charge is 2.47. The number of likely N-dealkylation sites (tertiary alicyclic amines) is 1. The van der Waals surface area contributed by atoms with Crippen LogP contribution < -0.4 is 5.32 Å². The lowest BCUT2D eigenvalue weighted by atomic mass is 9.85. The minimum Gasteiger partial charge on any atom is -0.350 e. The van der Waals surface area contributed by atoms with Crippen LogP contribution in [-0.2, 0) is 20.9 Å². The van der Waals surface area contributed by atoms with Crippen molar-refractivity contribution in [1.82, 2.24) is 10.2 Å². The first kappa shape index (κ1) is 15.4. The predicted octanol–water partition coefficient (Wildman–Crippen LogP) is 1.39. The Hall–Kier alpha value is -2.50. The van der Waals surface area contributed by atoms with Gasteiger partial charge in [0.1, 0.15) is 12.4 Å². The monoisotopic (exact) mass is 316 g/mol. The van der Waals surface area contributed by atoms with Gasteiger partial charge in [0.15, 0.2) is 0 Å². The molecular weight excluding hydrogens is 299 g/mol. The first-order valence-electron chi connectivity index (χ1n) is 7.58. The van der Waals surface area contributed by atoms with Crippen LogP contribution in [0.2, 0.25) is 0 Å². The summed E-state index contributed by atoms with van der Waals surface area (Å²) in [7, 11) is 0. The van der Waals surface area contributed by atoms with Gasteiger partial charge in [-0.1, -0.05) is 30.4 Å². The van der Waals surface area contributed by atoms with Crippen molar-refractivity contribution in [2.45, 2.75) is 19.4 Å². The van der Waals surface area contributed by atoms with Crippen LogP contribution in [0, 0.1) is 17.7 Å². The smallest absolute Gasteiger partial charge is 0.240 e. The molecule has 2 aliphatic rings. The number of nitrogens with one attached hydrogen (secondary N) is 1. The van der Waals surface area contributed by atoms with Crippen molar-refractivity contribution in [3.8, 4) is 0 Å². The van der Waals surface area contributed by atoms with Crippen molar-refractivity contribution in [2.75, 3.05) is 6.54 Å². The first-order chi connectivity index (χ1) is 11.1. The van der Waals surface area contributed by atoms with Gasteiger partial charge in [-0.3, -0.25) is 19.3 Å². The van der Waals surface area contributed by atoms with Crippen LogP contribution in [0.25, 0.3) is 0 Å². The van der Waals surface area contributed by atoms with Gasteiger partial charge in [0, 0.05) is 12.1 Å². The third-order valence-electron chi connectivity index (χ3n) is 4.33. The molecule has 0 unspecified atom stereocenters. The van der Waals surface area contributed by atoms with Crippen LogP contribution in [0.15, 0.2) is 36.4 Å². The van der Waals surface area contributed by atoms with E-state index in [0.717, 1.165) is 4.90 Å². The fourth-order valence-corrected chi connectivity index (χ4v) is 3.06. The second kappa shape index (κ2) is 6.32. The zero-order valence-corrected chi connectivity index (χ0v) is 12.5. The van der Waals surface area contributed by atoms with Crippen LogP contribution in [0.1, 0.15) is 18.4 Å². The van der Waals surface area contributed by atoms with Crippen LogP contribution in [0.4, 0.5) is 4.39 Å². The number of benzene rings is 1. The Labute approximate surface area is 133 Å². The van der Waals surface area contributed by atoms with Gasteiger partial charge in [0.25, 0.3) is 0 Å². The molecule has 1 N–H and O–H groups in total. The number of rotatable bonds is 4. The molecule has 1 aliphatic carbocycles. The van der Waals surface area contributed by atoms with E-state index in [2.05, 4.69) is 5.32 Å². The third-order valence-corrected chi connectivity index (χ3v) is 4.33. The summed E-state index contributed by atoms with van der Waals surface area (Å²) in [6, 6.07) is 6.13. The topological polar surface area (TPSA) is 66.5 Å². The maximum atomic E-state index is 13.5. The maximum absolute atomic E-state index is 13.5. The van der Waals surface area contributed by atoms with Crippen LogP contribution >= 0.6 is 0 Å². The summed E-state index contributed by atoms with van der Waals surface area (Å²) >= 11 is 0. The van der Waals surface area contributed by atoms with E-state index in [0.29, 0.717) is 18.4 Å². The number of hydrogen-bond donors (Lipinski definition) is 1. The minimum atomic E-state index is -0.471. The molecule has 120 valence electrons. The van der Waals surface area contributed by atoms with Crippen LogP contribution in [-0.4, -0.2) is 29.2 Å². The Balaban J connectivity index is 1.59. The van der Waals surface area contributed by atoms with Gasteiger partial charge >= 0.3 is 0 Å². The Bertz CT molecular complexity index is 660. The zero-order valence-electron chi connectivity index (χ0n) is 12.5. The SMILES string of the molecule is O=C(CN1C(=O)[C@H]2CC=CC[C@H]2C1=O)NCc1ccccc1F. The normalized spacial score (nSPS) is 23.1. The van der Waals surface area contributed by atoms with Gasteiger partial charge in [0.05, 0.1) is 11.8 Å². The molecule has 1 heterocycles. The molecule has 3 rings (SSSR count). The summed E-state index contributed by atoms with van der Waals surface area (Å²) in [6.45, 7) is -0.282. The fourth-order valence-electron chi connectivity index (χ4n) is 3.06. The van der Waals surface area contributed by atoms with Gasteiger partial charge in [-0.05, 0) is 18.9 Å². The summed E-state index contributed by atoms with van der Waals surface area (Å²) in [6.07, 6.45) is 4.88. The lowest BCUT2D eigenvalue weighted by Gasteiger charge is -2.14.